The lowest BCUT2D eigenvalue weighted by atomic mass is 10.2. The predicted molar refractivity (Wildman–Crippen MR) is 41.4 cm³/mol. The Kier molecular flexibility index (Phi) is 1.51. The maximum Gasteiger partial charge on any atom is 0.322 e. The maximum atomic E-state index is 11.1. The molecule has 0 N–H and O–H groups in total. The minimum atomic E-state index is 0.153. The van der Waals surface area contributed by atoms with E-state index in [1.165, 1.54) is 0 Å². The van der Waals surface area contributed by atoms with Gasteiger partial charge in [0, 0.05) is 15.4 Å². The molecule has 0 bridgehead atoms. The molecule has 2 aromatic rings. The highest BCUT2D eigenvalue weighted by Crippen LogP contribution is 2.10. The van der Waals surface area contributed by atoms with Crippen LogP contribution in [0.25, 0.3) is 11.0 Å². The van der Waals surface area contributed by atoms with Crippen molar-refractivity contribution in [1.29, 1.82) is 0 Å². The minimum absolute atomic E-state index is 0.153. The molecule has 0 atom stereocenters. The first-order valence-corrected chi connectivity index (χ1v) is 3.63. The molecule has 0 aliphatic heterocycles. The third-order valence-electron chi connectivity index (χ3n) is 1.74. The fraction of sp³-hybridized carbons (Fsp3) is 0.333. The first-order valence-electron chi connectivity index (χ1n) is 3.63. The van der Waals surface area contributed by atoms with Crippen LogP contribution in [0.5, 0.6) is 0 Å². The van der Waals surface area contributed by atoms with Gasteiger partial charge in [0.15, 0.2) is 5.69 Å². The van der Waals surface area contributed by atoms with Gasteiger partial charge < -0.3 is 5.21 Å². The molecule has 0 saturated carbocycles. The summed E-state index contributed by atoms with van der Waals surface area (Å²) >= 11 is 0. The normalized spacial score (nSPS) is 10.6. The summed E-state index contributed by atoms with van der Waals surface area (Å²) in [6.07, 6.45) is 0. The van der Waals surface area contributed by atoms with E-state index in [1.807, 2.05) is 0 Å². The first kappa shape index (κ1) is 7.71. The summed E-state index contributed by atoms with van der Waals surface area (Å²) in [6, 6.07) is 0. The van der Waals surface area contributed by atoms with Crippen molar-refractivity contribution >= 4 is 11.0 Å². The fourth-order valence-electron chi connectivity index (χ4n) is 1.15. The highest BCUT2D eigenvalue weighted by atomic mass is 16.5. The number of hydrogen-bond donors (Lipinski definition) is 0. The zero-order valence-corrected chi connectivity index (χ0v) is 7.09. The van der Waals surface area contributed by atoms with E-state index in [9.17, 15) is 5.21 Å². The van der Waals surface area contributed by atoms with Crippen molar-refractivity contribution in [1.82, 2.24) is 25.7 Å². The van der Waals surface area contributed by atoms with Crippen LogP contribution in [0.15, 0.2) is 0 Å². The van der Waals surface area contributed by atoms with Crippen LogP contribution >= 0.6 is 0 Å². The van der Waals surface area contributed by atoms with Crippen LogP contribution in [0.4, 0.5) is 0 Å². The topological polar surface area (TPSA) is 91.4 Å². The maximum absolute atomic E-state index is 11.1. The Bertz CT molecular complexity index is 462. The van der Waals surface area contributed by atoms with E-state index < -0.39 is 0 Å². The van der Waals surface area contributed by atoms with Gasteiger partial charge in [-0.1, -0.05) is 0 Å². The largest absolute Gasteiger partial charge is 0.721 e. The molecule has 0 radical (unpaired) electrons. The first-order chi connectivity index (χ1) is 6.20. The molecule has 2 rings (SSSR count). The summed E-state index contributed by atoms with van der Waals surface area (Å²) in [6.45, 7) is 3.48. The van der Waals surface area contributed by atoms with Gasteiger partial charge in [-0.15, -0.1) is 9.94 Å². The third kappa shape index (κ3) is 1.05. The molecule has 2 heterocycles. The monoisotopic (exact) mass is 178 g/mol. The molecular formula is C6H6N6O. The molecule has 0 fully saturated rings. The molecule has 0 aromatic carbocycles. The third-order valence-corrected chi connectivity index (χ3v) is 1.74. The summed E-state index contributed by atoms with van der Waals surface area (Å²) in [5.41, 5.74) is 1.41. The van der Waals surface area contributed by atoms with Gasteiger partial charge in [0.2, 0.25) is 0 Å². The van der Waals surface area contributed by atoms with Crippen molar-refractivity contribution in [3.8, 4) is 0 Å². The summed E-state index contributed by atoms with van der Waals surface area (Å²) in [5.74, 6) is 0. The molecule has 7 heteroatoms. The Balaban J connectivity index is 3.00. The van der Waals surface area contributed by atoms with Gasteiger partial charge in [0.25, 0.3) is 0 Å². The van der Waals surface area contributed by atoms with Crippen LogP contribution in [-0.2, 0) is 0 Å². The SMILES string of the molecule is Cc1nnnc2c1c(C)nn[n+]2[O-]. The van der Waals surface area contributed by atoms with Crippen LogP contribution in [0.2, 0.25) is 0 Å². The van der Waals surface area contributed by atoms with Crippen LogP contribution in [-0.4, -0.2) is 25.7 Å². The van der Waals surface area contributed by atoms with Crippen molar-refractivity contribution in [3.05, 3.63) is 16.6 Å². The molecule has 7 nitrogen and oxygen atoms in total. The molecule has 2 aromatic heterocycles. The van der Waals surface area contributed by atoms with Gasteiger partial charge >= 0.3 is 5.65 Å². The Hall–Kier alpha value is -1.92. The number of aryl methyl sites for hydroxylation is 2. The number of rotatable bonds is 0. The molecule has 66 valence electrons. The molecule has 0 aliphatic carbocycles. The second-order valence-corrected chi connectivity index (χ2v) is 2.62. The predicted octanol–water partition coefficient (Wildman–Crippen LogP) is -0.935. The smallest absolute Gasteiger partial charge is 0.322 e. The van der Waals surface area contributed by atoms with E-state index in [1.54, 1.807) is 13.8 Å². The molecule has 0 saturated heterocycles. The second-order valence-electron chi connectivity index (χ2n) is 2.62. The average Bonchev–Trinajstić information content (AvgIpc) is 2.12. The van der Waals surface area contributed by atoms with E-state index in [0.717, 1.165) is 0 Å². The minimum Gasteiger partial charge on any atom is -0.721 e. The van der Waals surface area contributed by atoms with E-state index >= 15 is 0 Å². The highest BCUT2D eigenvalue weighted by Gasteiger charge is 2.13. The van der Waals surface area contributed by atoms with E-state index in [2.05, 4.69) is 25.7 Å². The molecule has 0 aliphatic rings. The van der Waals surface area contributed by atoms with Crippen LogP contribution in [0.3, 0.4) is 0 Å². The Morgan fingerprint density at radius 3 is 2.46 bits per heavy atom. The van der Waals surface area contributed by atoms with Crippen LogP contribution in [0.1, 0.15) is 11.4 Å². The van der Waals surface area contributed by atoms with Crippen LogP contribution in [0, 0.1) is 19.1 Å². The lowest BCUT2D eigenvalue weighted by Crippen LogP contribution is -2.35. The standard InChI is InChI=1S/C6H6N6O/c1-3-5-4(2)8-11-12(13)6(5)9-10-7-3/h1-2H3. The van der Waals surface area contributed by atoms with Crippen molar-refractivity contribution in [2.24, 2.45) is 0 Å². The van der Waals surface area contributed by atoms with Crippen molar-refractivity contribution in [2.45, 2.75) is 13.8 Å². The number of fused-ring (bicyclic) bond motifs is 1. The molecule has 13 heavy (non-hydrogen) atoms. The summed E-state index contributed by atoms with van der Waals surface area (Å²) in [5, 5.41) is 29.4. The molecule has 0 spiro atoms. The van der Waals surface area contributed by atoms with E-state index in [4.69, 9.17) is 0 Å². The van der Waals surface area contributed by atoms with Crippen LogP contribution < -0.4 is 4.85 Å². The van der Waals surface area contributed by atoms with Gasteiger partial charge in [-0.2, -0.15) is 0 Å². The Morgan fingerprint density at radius 2 is 1.77 bits per heavy atom. The lowest BCUT2D eigenvalue weighted by Gasteiger charge is -2.01. The van der Waals surface area contributed by atoms with Gasteiger partial charge in [0.1, 0.15) is 5.39 Å². The lowest BCUT2D eigenvalue weighted by molar-refractivity contribution is -0.651. The zero-order chi connectivity index (χ0) is 9.42. The average molecular weight is 178 g/mol. The molecular weight excluding hydrogens is 172 g/mol. The highest BCUT2D eigenvalue weighted by molar-refractivity contribution is 5.75. The fourth-order valence-corrected chi connectivity index (χ4v) is 1.15. The van der Waals surface area contributed by atoms with Gasteiger partial charge in [0.05, 0.1) is 10.9 Å². The number of aromatic nitrogens is 6. The van der Waals surface area contributed by atoms with Crippen molar-refractivity contribution < 1.29 is 4.85 Å². The number of nitrogens with zero attached hydrogens (tertiary/aromatic N) is 6. The number of hydrogen-bond acceptors (Lipinski definition) is 6. The summed E-state index contributed by atoms with van der Waals surface area (Å²) in [7, 11) is 0. The van der Waals surface area contributed by atoms with Gasteiger partial charge in [-0.25, -0.2) is 0 Å². The van der Waals surface area contributed by atoms with E-state index in [0.29, 0.717) is 21.6 Å². The molecule has 0 amide bonds. The van der Waals surface area contributed by atoms with E-state index in [-0.39, 0.29) is 5.65 Å². The summed E-state index contributed by atoms with van der Waals surface area (Å²) in [4.78, 5) is 0.337. The second kappa shape index (κ2) is 2.54. The Morgan fingerprint density at radius 1 is 1.08 bits per heavy atom. The van der Waals surface area contributed by atoms with Crippen molar-refractivity contribution in [3.63, 3.8) is 0 Å². The Labute approximate surface area is 73.0 Å². The summed E-state index contributed by atoms with van der Waals surface area (Å²) < 4.78 is 0. The van der Waals surface area contributed by atoms with Crippen molar-refractivity contribution in [2.75, 3.05) is 0 Å². The quantitative estimate of drug-likeness (QED) is 0.382. The van der Waals surface area contributed by atoms with Gasteiger partial charge in [-0.3, -0.25) is 0 Å². The molecule has 0 unspecified atom stereocenters. The van der Waals surface area contributed by atoms with Gasteiger partial charge in [-0.05, 0) is 13.8 Å². The zero-order valence-electron chi connectivity index (χ0n) is 7.09.